The van der Waals surface area contributed by atoms with Crippen molar-refractivity contribution in [3.05, 3.63) is 59.8 Å². The van der Waals surface area contributed by atoms with E-state index in [0.717, 1.165) is 18.4 Å². The number of amides is 1. The number of hydrogen-bond donors (Lipinski definition) is 2. The van der Waals surface area contributed by atoms with Gasteiger partial charge in [-0.25, -0.2) is 9.78 Å². The maximum Gasteiger partial charge on any atom is 0.326 e. The number of nitrogens with zero attached hydrogens (tertiary/aromatic N) is 1. The second kappa shape index (κ2) is 9.42. The van der Waals surface area contributed by atoms with Crippen molar-refractivity contribution in [1.82, 2.24) is 10.3 Å². The second-order valence-corrected chi connectivity index (χ2v) is 5.66. The third-order valence-electron chi connectivity index (χ3n) is 3.68. The summed E-state index contributed by atoms with van der Waals surface area (Å²) < 4.78 is 5.59. The number of carboxylic acid groups (broad SMARTS) is 1. The number of carbonyl (C=O) groups excluding carboxylic acids is 1. The van der Waals surface area contributed by atoms with Crippen molar-refractivity contribution in [2.75, 3.05) is 0 Å². The van der Waals surface area contributed by atoms with Crippen molar-refractivity contribution in [3.63, 3.8) is 0 Å². The van der Waals surface area contributed by atoms with Crippen LogP contribution in [0.3, 0.4) is 0 Å². The lowest BCUT2D eigenvalue weighted by atomic mass is 10.1. The maximum atomic E-state index is 12.3. The molecular formula is C19H22N2O4. The van der Waals surface area contributed by atoms with Crippen LogP contribution in [0.1, 0.15) is 42.1 Å². The first-order valence-electron chi connectivity index (χ1n) is 8.26. The Morgan fingerprint density at radius 3 is 2.68 bits per heavy atom. The molecule has 6 nitrogen and oxygen atoms in total. The first-order chi connectivity index (χ1) is 12.1. The lowest BCUT2D eigenvalue weighted by molar-refractivity contribution is -0.139. The number of nitrogens with one attached hydrogen (secondary N) is 1. The van der Waals surface area contributed by atoms with Crippen molar-refractivity contribution in [2.45, 2.75) is 38.8 Å². The number of unbranched alkanes of at least 4 members (excludes halogenated alkanes) is 1. The van der Waals surface area contributed by atoms with Crippen molar-refractivity contribution in [3.8, 4) is 5.88 Å². The fourth-order valence-corrected chi connectivity index (χ4v) is 2.27. The minimum Gasteiger partial charge on any atom is -0.480 e. The van der Waals surface area contributed by atoms with Gasteiger partial charge in [0.25, 0.3) is 5.91 Å². The molecule has 1 aromatic heterocycles. The summed E-state index contributed by atoms with van der Waals surface area (Å²) in [5.41, 5.74) is 1.31. The molecule has 2 N–H and O–H groups in total. The Bertz CT molecular complexity index is 704. The van der Waals surface area contributed by atoms with Gasteiger partial charge in [0.05, 0.1) is 0 Å². The smallest absolute Gasteiger partial charge is 0.326 e. The van der Waals surface area contributed by atoms with Crippen molar-refractivity contribution < 1.29 is 19.4 Å². The lowest BCUT2D eigenvalue weighted by Gasteiger charge is -2.14. The number of rotatable bonds is 9. The minimum atomic E-state index is -1.03. The minimum absolute atomic E-state index is 0.317. The van der Waals surface area contributed by atoms with Crippen molar-refractivity contribution in [1.29, 1.82) is 0 Å². The molecule has 1 amide bonds. The van der Waals surface area contributed by atoms with Gasteiger partial charge in [-0.2, -0.15) is 0 Å². The number of aromatic nitrogens is 1. The van der Waals surface area contributed by atoms with Crippen LogP contribution < -0.4 is 10.1 Å². The normalized spacial score (nSPS) is 11.6. The highest BCUT2D eigenvalue weighted by Crippen LogP contribution is 2.12. The highest BCUT2D eigenvalue weighted by atomic mass is 16.5. The molecule has 1 aromatic carbocycles. The Morgan fingerprint density at radius 2 is 2.00 bits per heavy atom. The fraction of sp³-hybridized carbons (Fsp3) is 0.316. The van der Waals surface area contributed by atoms with Gasteiger partial charge in [0, 0.05) is 17.8 Å². The van der Waals surface area contributed by atoms with Crippen LogP contribution in [0.5, 0.6) is 5.88 Å². The topological polar surface area (TPSA) is 88.5 Å². The van der Waals surface area contributed by atoms with Crippen LogP contribution in [-0.4, -0.2) is 28.0 Å². The summed E-state index contributed by atoms with van der Waals surface area (Å²) in [6.07, 6.45) is 3.47. The summed E-state index contributed by atoms with van der Waals surface area (Å²) in [5, 5.41) is 11.8. The molecule has 0 fully saturated rings. The molecule has 132 valence electrons. The van der Waals surface area contributed by atoms with Crippen molar-refractivity contribution >= 4 is 11.9 Å². The summed E-state index contributed by atoms with van der Waals surface area (Å²) in [6, 6.07) is 11.8. The molecule has 0 aliphatic heterocycles. The summed E-state index contributed by atoms with van der Waals surface area (Å²) >= 11 is 0. The molecule has 0 bridgehead atoms. The largest absolute Gasteiger partial charge is 0.480 e. The summed E-state index contributed by atoms with van der Waals surface area (Å²) in [5.74, 6) is -1.16. The molecule has 0 spiro atoms. The third-order valence-corrected chi connectivity index (χ3v) is 3.68. The monoisotopic (exact) mass is 342 g/mol. The first-order valence-corrected chi connectivity index (χ1v) is 8.26. The molecule has 0 radical (unpaired) electrons. The number of pyridine rings is 1. The Morgan fingerprint density at radius 1 is 1.24 bits per heavy atom. The van der Waals surface area contributed by atoms with E-state index in [2.05, 4.69) is 10.3 Å². The van der Waals surface area contributed by atoms with Gasteiger partial charge in [-0.1, -0.05) is 50.1 Å². The molecular weight excluding hydrogens is 320 g/mol. The van der Waals surface area contributed by atoms with Crippen LogP contribution in [0, 0.1) is 0 Å². The van der Waals surface area contributed by atoms with E-state index in [9.17, 15) is 14.7 Å². The zero-order valence-electron chi connectivity index (χ0n) is 14.1. The summed E-state index contributed by atoms with van der Waals surface area (Å²) in [7, 11) is 0. The Balaban J connectivity index is 1.99. The zero-order valence-corrected chi connectivity index (χ0v) is 14.1. The molecule has 0 saturated carbocycles. The van der Waals surface area contributed by atoms with E-state index in [4.69, 9.17) is 4.74 Å². The van der Waals surface area contributed by atoms with Gasteiger partial charge in [-0.05, 0) is 18.1 Å². The molecule has 6 heteroatoms. The molecule has 1 atom stereocenters. The van der Waals surface area contributed by atoms with Crippen LogP contribution in [0.15, 0.2) is 48.7 Å². The average molecular weight is 342 g/mol. The van der Waals surface area contributed by atoms with Gasteiger partial charge in [0.15, 0.2) is 0 Å². The average Bonchev–Trinajstić information content (AvgIpc) is 2.64. The van der Waals surface area contributed by atoms with Gasteiger partial charge in [-0.15, -0.1) is 0 Å². The second-order valence-electron chi connectivity index (χ2n) is 5.66. The molecule has 2 rings (SSSR count). The van der Waals surface area contributed by atoms with Crippen LogP contribution >= 0.6 is 0 Å². The van der Waals surface area contributed by atoms with Crippen LogP contribution in [0.4, 0.5) is 0 Å². The van der Waals surface area contributed by atoms with Crippen LogP contribution in [0.25, 0.3) is 0 Å². The van der Waals surface area contributed by atoms with Gasteiger partial charge < -0.3 is 15.2 Å². The quantitative estimate of drug-likeness (QED) is 0.731. The van der Waals surface area contributed by atoms with Crippen molar-refractivity contribution in [2.24, 2.45) is 0 Å². The standard InChI is InChI=1S/C19H22N2O4/c1-2-3-9-16(19(23)24)21-18(22)15-10-11-20-17(12-15)25-13-14-7-5-4-6-8-14/h4-8,10-12,16H,2-3,9,13H2,1H3,(H,21,22)(H,23,24)/t16-/m0/s1. The first kappa shape index (κ1) is 18.4. The lowest BCUT2D eigenvalue weighted by Crippen LogP contribution is -2.40. The van der Waals surface area contributed by atoms with E-state index in [-0.39, 0.29) is 0 Å². The highest BCUT2D eigenvalue weighted by Gasteiger charge is 2.20. The highest BCUT2D eigenvalue weighted by molar-refractivity contribution is 5.96. The van der Waals surface area contributed by atoms with E-state index in [1.54, 1.807) is 0 Å². The van der Waals surface area contributed by atoms with Gasteiger partial charge in [-0.3, -0.25) is 4.79 Å². The number of aliphatic carboxylic acids is 1. The molecule has 2 aromatic rings. The number of hydrogen-bond acceptors (Lipinski definition) is 4. The van der Waals surface area contributed by atoms with Crippen LogP contribution in [0.2, 0.25) is 0 Å². The van der Waals surface area contributed by atoms with E-state index < -0.39 is 17.9 Å². The van der Waals surface area contributed by atoms with E-state index in [1.165, 1.54) is 18.3 Å². The summed E-state index contributed by atoms with van der Waals surface area (Å²) in [4.78, 5) is 27.6. The SMILES string of the molecule is CCCC[C@H](NC(=O)c1ccnc(OCc2ccccc2)c1)C(=O)O. The van der Waals surface area contributed by atoms with Gasteiger partial charge in [0.1, 0.15) is 12.6 Å². The van der Waals surface area contributed by atoms with E-state index in [1.807, 2.05) is 37.3 Å². The molecule has 1 heterocycles. The number of benzene rings is 1. The van der Waals surface area contributed by atoms with Gasteiger partial charge >= 0.3 is 5.97 Å². The zero-order chi connectivity index (χ0) is 18.1. The number of ether oxygens (including phenoxy) is 1. The van der Waals surface area contributed by atoms with E-state index in [0.29, 0.717) is 24.5 Å². The predicted octanol–water partition coefficient (Wildman–Crippen LogP) is 3.03. The number of carboxylic acids is 1. The fourth-order valence-electron chi connectivity index (χ4n) is 2.27. The Labute approximate surface area is 146 Å². The summed E-state index contributed by atoms with van der Waals surface area (Å²) in [6.45, 7) is 2.31. The third kappa shape index (κ3) is 5.91. The molecule has 0 unspecified atom stereocenters. The Hall–Kier alpha value is -2.89. The predicted molar refractivity (Wildman–Crippen MR) is 93.4 cm³/mol. The molecule has 0 saturated heterocycles. The number of carbonyl (C=O) groups is 2. The van der Waals surface area contributed by atoms with Crippen LogP contribution in [-0.2, 0) is 11.4 Å². The molecule has 0 aliphatic rings. The van der Waals surface area contributed by atoms with E-state index >= 15 is 0 Å². The molecule has 0 aliphatic carbocycles. The maximum absolute atomic E-state index is 12.3. The van der Waals surface area contributed by atoms with Gasteiger partial charge in [0.2, 0.25) is 5.88 Å². The Kier molecular flexibility index (Phi) is 6.95. The molecule has 25 heavy (non-hydrogen) atoms.